The highest BCUT2D eigenvalue weighted by atomic mass is 16.5. The predicted molar refractivity (Wildman–Crippen MR) is 91.9 cm³/mol. The summed E-state index contributed by atoms with van der Waals surface area (Å²) >= 11 is 0. The SMILES string of the molecule is COCc1nc2n(n1)CCC[C@H]2NC(=O)N[C@H]1CCc2ccccc21. The lowest BCUT2D eigenvalue weighted by molar-refractivity contribution is 0.177. The predicted octanol–water partition coefficient (Wildman–Crippen LogP) is 2.25. The van der Waals surface area contributed by atoms with E-state index in [1.807, 2.05) is 16.8 Å². The van der Waals surface area contributed by atoms with E-state index in [9.17, 15) is 4.79 Å². The van der Waals surface area contributed by atoms with E-state index >= 15 is 0 Å². The first-order chi connectivity index (χ1) is 12.2. The van der Waals surface area contributed by atoms with Crippen molar-refractivity contribution >= 4 is 6.03 Å². The van der Waals surface area contributed by atoms with Crippen LogP contribution in [-0.4, -0.2) is 27.9 Å². The van der Waals surface area contributed by atoms with Crippen LogP contribution in [0.1, 0.15) is 54.1 Å². The first-order valence-corrected chi connectivity index (χ1v) is 8.82. The van der Waals surface area contributed by atoms with Crippen LogP contribution >= 0.6 is 0 Å². The van der Waals surface area contributed by atoms with Crippen molar-refractivity contribution in [1.29, 1.82) is 0 Å². The van der Waals surface area contributed by atoms with Crippen molar-refractivity contribution in [2.75, 3.05) is 7.11 Å². The molecule has 1 aromatic heterocycles. The molecule has 7 nitrogen and oxygen atoms in total. The Labute approximate surface area is 146 Å². The van der Waals surface area contributed by atoms with Crippen molar-refractivity contribution in [2.45, 2.75) is 50.9 Å². The second-order valence-electron chi connectivity index (χ2n) is 6.65. The van der Waals surface area contributed by atoms with Gasteiger partial charge >= 0.3 is 6.03 Å². The molecule has 1 aliphatic heterocycles. The molecule has 2 amide bonds. The number of benzene rings is 1. The Balaban J connectivity index is 1.42. The Kier molecular flexibility index (Phi) is 4.40. The molecule has 0 spiro atoms. The second kappa shape index (κ2) is 6.84. The summed E-state index contributed by atoms with van der Waals surface area (Å²) in [5.74, 6) is 1.48. The smallest absolute Gasteiger partial charge is 0.315 e. The van der Waals surface area contributed by atoms with Crippen LogP contribution in [0.2, 0.25) is 0 Å². The van der Waals surface area contributed by atoms with Gasteiger partial charge in [-0.3, -0.25) is 0 Å². The van der Waals surface area contributed by atoms with Crippen molar-refractivity contribution in [3.05, 3.63) is 47.0 Å². The van der Waals surface area contributed by atoms with Gasteiger partial charge in [0.05, 0.1) is 12.1 Å². The summed E-state index contributed by atoms with van der Waals surface area (Å²) in [4.78, 5) is 17.0. The summed E-state index contributed by atoms with van der Waals surface area (Å²) < 4.78 is 6.99. The number of fused-ring (bicyclic) bond motifs is 2. The largest absolute Gasteiger partial charge is 0.377 e. The van der Waals surface area contributed by atoms with Gasteiger partial charge in [-0.2, -0.15) is 5.10 Å². The number of carbonyl (C=O) groups excluding carboxylic acids is 1. The molecular formula is C18H23N5O2. The maximum Gasteiger partial charge on any atom is 0.315 e. The minimum absolute atomic E-state index is 0.0849. The quantitative estimate of drug-likeness (QED) is 0.894. The van der Waals surface area contributed by atoms with Gasteiger partial charge in [-0.25, -0.2) is 14.5 Å². The van der Waals surface area contributed by atoms with Gasteiger partial charge < -0.3 is 15.4 Å². The average molecular weight is 341 g/mol. The van der Waals surface area contributed by atoms with Crippen LogP contribution in [0.4, 0.5) is 4.79 Å². The Hall–Kier alpha value is -2.41. The van der Waals surface area contributed by atoms with Crippen molar-refractivity contribution < 1.29 is 9.53 Å². The zero-order valence-electron chi connectivity index (χ0n) is 14.4. The number of nitrogens with zero attached hydrogens (tertiary/aromatic N) is 3. The molecule has 2 aliphatic rings. The van der Waals surface area contributed by atoms with Gasteiger partial charge in [-0.05, 0) is 36.8 Å². The van der Waals surface area contributed by atoms with E-state index in [4.69, 9.17) is 4.74 Å². The zero-order chi connectivity index (χ0) is 17.2. The maximum atomic E-state index is 12.5. The van der Waals surface area contributed by atoms with E-state index in [1.54, 1.807) is 7.11 Å². The van der Waals surface area contributed by atoms with Crippen molar-refractivity contribution in [1.82, 2.24) is 25.4 Å². The lowest BCUT2D eigenvalue weighted by Crippen LogP contribution is -2.41. The second-order valence-corrected chi connectivity index (χ2v) is 6.65. The summed E-state index contributed by atoms with van der Waals surface area (Å²) in [7, 11) is 1.63. The fourth-order valence-corrected chi connectivity index (χ4v) is 3.79. The van der Waals surface area contributed by atoms with Crippen LogP contribution in [0.25, 0.3) is 0 Å². The number of nitrogens with one attached hydrogen (secondary N) is 2. The number of rotatable bonds is 4. The van der Waals surface area contributed by atoms with Crippen LogP contribution in [0, 0.1) is 0 Å². The minimum Gasteiger partial charge on any atom is -0.377 e. The molecule has 0 unspecified atom stereocenters. The van der Waals surface area contributed by atoms with Gasteiger partial charge in [0.1, 0.15) is 12.4 Å². The number of hydrogen-bond acceptors (Lipinski definition) is 4. The molecule has 0 fully saturated rings. The number of carbonyl (C=O) groups is 1. The van der Waals surface area contributed by atoms with Crippen molar-refractivity contribution in [2.24, 2.45) is 0 Å². The van der Waals surface area contributed by atoms with Gasteiger partial charge in [-0.1, -0.05) is 24.3 Å². The summed E-state index contributed by atoms with van der Waals surface area (Å²) in [5.41, 5.74) is 2.56. The molecule has 0 saturated heterocycles. The molecule has 4 rings (SSSR count). The molecule has 25 heavy (non-hydrogen) atoms. The Morgan fingerprint density at radius 1 is 1.28 bits per heavy atom. The number of amides is 2. The molecule has 0 saturated carbocycles. The van der Waals surface area contributed by atoms with E-state index in [1.165, 1.54) is 11.1 Å². The zero-order valence-corrected chi connectivity index (χ0v) is 14.4. The summed E-state index contributed by atoms with van der Waals surface area (Å²) in [6.07, 6.45) is 3.81. The van der Waals surface area contributed by atoms with Crippen molar-refractivity contribution in [3.63, 3.8) is 0 Å². The van der Waals surface area contributed by atoms with E-state index in [0.717, 1.165) is 38.1 Å². The molecule has 2 N–H and O–H groups in total. The number of urea groups is 1. The van der Waals surface area contributed by atoms with E-state index in [0.29, 0.717) is 12.4 Å². The number of methoxy groups -OCH3 is 1. The standard InChI is InChI=1S/C18H23N5O2/c1-25-11-16-21-17-15(7-4-10-23(17)22-16)20-18(24)19-14-9-8-12-5-2-3-6-13(12)14/h2-3,5-6,14-15H,4,7-11H2,1H3,(H2,19,20,24)/t14-,15+/m0/s1. The molecule has 2 atom stereocenters. The van der Waals surface area contributed by atoms with Gasteiger partial charge in [0.25, 0.3) is 0 Å². The number of aromatic nitrogens is 3. The maximum absolute atomic E-state index is 12.5. The fourth-order valence-electron chi connectivity index (χ4n) is 3.79. The van der Waals surface area contributed by atoms with Gasteiger partial charge in [0.15, 0.2) is 5.82 Å². The minimum atomic E-state index is -0.142. The van der Waals surface area contributed by atoms with Crippen LogP contribution in [0.15, 0.2) is 24.3 Å². The van der Waals surface area contributed by atoms with Gasteiger partial charge in [0, 0.05) is 13.7 Å². The Bertz CT molecular complexity index is 773. The summed E-state index contributed by atoms with van der Waals surface area (Å²) in [6.45, 7) is 1.22. The Morgan fingerprint density at radius 2 is 2.12 bits per heavy atom. The molecule has 1 aromatic carbocycles. The highest BCUT2D eigenvalue weighted by Gasteiger charge is 2.28. The fraction of sp³-hybridized carbons (Fsp3) is 0.500. The third-order valence-corrected chi connectivity index (χ3v) is 4.94. The third-order valence-electron chi connectivity index (χ3n) is 4.94. The number of hydrogen-bond donors (Lipinski definition) is 2. The summed E-state index contributed by atoms with van der Waals surface area (Å²) in [6, 6.07) is 8.14. The lowest BCUT2D eigenvalue weighted by Gasteiger charge is -2.24. The van der Waals surface area contributed by atoms with E-state index < -0.39 is 0 Å². The topological polar surface area (TPSA) is 81.1 Å². The van der Waals surface area contributed by atoms with Crippen LogP contribution in [0.5, 0.6) is 0 Å². The third kappa shape index (κ3) is 3.24. The summed E-state index contributed by atoms with van der Waals surface area (Å²) in [5, 5.41) is 10.6. The molecule has 0 bridgehead atoms. The molecular weight excluding hydrogens is 318 g/mol. The molecule has 2 aromatic rings. The van der Waals surface area contributed by atoms with Crippen molar-refractivity contribution in [3.8, 4) is 0 Å². The molecule has 7 heteroatoms. The normalized spacial score (nSPS) is 21.5. The van der Waals surface area contributed by atoms with Crippen LogP contribution < -0.4 is 10.6 Å². The number of ether oxygens (including phenoxy) is 1. The monoisotopic (exact) mass is 341 g/mol. The molecule has 1 aliphatic carbocycles. The highest BCUT2D eigenvalue weighted by Crippen LogP contribution is 2.31. The molecule has 2 heterocycles. The highest BCUT2D eigenvalue weighted by molar-refractivity contribution is 5.75. The average Bonchev–Trinajstić information content (AvgIpc) is 3.20. The van der Waals surface area contributed by atoms with Gasteiger partial charge in [-0.15, -0.1) is 0 Å². The molecule has 132 valence electrons. The lowest BCUT2D eigenvalue weighted by atomic mass is 10.1. The Morgan fingerprint density at radius 3 is 3.00 bits per heavy atom. The van der Waals surface area contributed by atoms with E-state index in [2.05, 4.69) is 32.8 Å². The van der Waals surface area contributed by atoms with Crippen LogP contribution in [0.3, 0.4) is 0 Å². The van der Waals surface area contributed by atoms with Crippen LogP contribution in [-0.2, 0) is 24.3 Å². The van der Waals surface area contributed by atoms with E-state index in [-0.39, 0.29) is 18.1 Å². The first-order valence-electron chi connectivity index (χ1n) is 8.82. The van der Waals surface area contributed by atoms with Gasteiger partial charge in [0.2, 0.25) is 0 Å². The molecule has 0 radical (unpaired) electrons. The first kappa shape index (κ1) is 16.1. The number of aryl methyl sites for hydroxylation is 2.